The molecule has 0 N–H and O–H groups in total. The third kappa shape index (κ3) is 7.10. The zero-order valence-corrected chi connectivity index (χ0v) is 21.9. The minimum Gasteiger partial charge on any atom is -0.334 e. The second kappa shape index (κ2) is 11.2. The van der Waals surface area contributed by atoms with Gasteiger partial charge in [0, 0.05) is 13.1 Å². The van der Waals surface area contributed by atoms with Crippen molar-refractivity contribution in [1.82, 2.24) is 4.90 Å². The lowest BCUT2D eigenvalue weighted by Gasteiger charge is -2.25. The van der Waals surface area contributed by atoms with E-state index in [1.165, 1.54) is 11.0 Å². The monoisotopic (exact) mass is 537 g/mol. The van der Waals surface area contributed by atoms with Gasteiger partial charge in [-0.3, -0.25) is 4.79 Å². The van der Waals surface area contributed by atoms with Crippen molar-refractivity contribution in [2.75, 3.05) is 6.54 Å². The molecule has 3 rings (SSSR count). The van der Waals surface area contributed by atoms with Crippen molar-refractivity contribution in [2.24, 2.45) is 0 Å². The summed E-state index contributed by atoms with van der Waals surface area (Å²) in [6.45, 7) is 8.11. The first kappa shape index (κ1) is 28.6. The Labute approximate surface area is 219 Å². The van der Waals surface area contributed by atoms with Gasteiger partial charge in [0.25, 0.3) is 5.91 Å². The molecular formula is C29H29ClF5NO. The molecule has 3 aromatic carbocycles. The SMILES string of the molecule is CCc1cc(CCN(Cc2ccc(C(C)(C)C)cc2)C(=O)c2cc(C(F)(F)F)cc(Cl)c2F)ccc1F. The molecule has 0 bridgehead atoms. The minimum atomic E-state index is -4.80. The number of carbonyl (C=O) groups excluding carboxylic acids is 1. The maximum atomic E-state index is 14.8. The van der Waals surface area contributed by atoms with E-state index in [1.807, 2.05) is 31.2 Å². The van der Waals surface area contributed by atoms with Crippen LogP contribution in [0.4, 0.5) is 22.0 Å². The Morgan fingerprint density at radius 2 is 1.51 bits per heavy atom. The molecule has 0 aliphatic heterocycles. The van der Waals surface area contributed by atoms with Crippen LogP contribution in [0.3, 0.4) is 0 Å². The van der Waals surface area contributed by atoms with Gasteiger partial charge >= 0.3 is 6.18 Å². The van der Waals surface area contributed by atoms with Crippen LogP contribution in [0.25, 0.3) is 0 Å². The van der Waals surface area contributed by atoms with Gasteiger partial charge < -0.3 is 4.90 Å². The molecule has 37 heavy (non-hydrogen) atoms. The average Bonchev–Trinajstić information content (AvgIpc) is 2.82. The quantitative estimate of drug-likeness (QED) is 0.277. The van der Waals surface area contributed by atoms with E-state index in [4.69, 9.17) is 11.6 Å². The van der Waals surface area contributed by atoms with E-state index in [9.17, 15) is 26.7 Å². The number of hydrogen-bond acceptors (Lipinski definition) is 1. The van der Waals surface area contributed by atoms with Gasteiger partial charge in [-0.1, -0.05) is 75.7 Å². The van der Waals surface area contributed by atoms with Crippen LogP contribution in [-0.4, -0.2) is 17.4 Å². The van der Waals surface area contributed by atoms with Crippen LogP contribution in [0.1, 0.15) is 65.9 Å². The summed E-state index contributed by atoms with van der Waals surface area (Å²) in [6, 6.07) is 13.1. The highest BCUT2D eigenvalue weighted by atomic mass is 35.5. The van der Waals surface area contributed by atoms with Crippen molar-refractivity contribution in [2.45, 2.75) is 58.7 Å². The topological polar surface area (TPSA) is 20.3 Å². The summed E-state index contributed by atoms with van der Waals surface area (Å²) in [5, 5.41) is -0.779. The van der Waals surface area contributed by atoms with Crippen LogP contribution >= 0.6 is 11.6 Å². The minimum absolute atomic E-state index is 0.0401. The first-order valence-corrected chi connectivity index (χ1v) is 12.3. The normalized spacial score (nSPS) is 12.1. The zero-order valence-electron chi connectivity index (χ0n) is 21.1. The predicted octanol–water partition coefficient (Wildman–Crippen LogP) is 8.38. The van der Waals surface area contributed by atoms with E-state index in [0.29, 0.717) is 30.5 Å². The Bertz CT molecular complexity index is 1260. The number of hydrogen-bond donors (Lipinski definition) is 0. The van der Waals surface area contributed by atoms with Crippen molar-refractivity contribution in [3.8, 4) is 0 Å². The summed E-state index contributed by atoms with van der Waals surface area (Å²) < 4.78 is 68.8. The molecule has 0 fully saturated rings. The number of nitrogens with zero attached hydrogens (tertiary/aromatic N) is 1. The molecule has 0 aliphatic carbocycles. The summed E-state index contributed by atoms with van der Waals surface area (Å²) in [7, 11) is 0. The van der Waals surface area contributed by atoms with Crippen LogP contribution in [0.15, 0.2) is 54.6 Å². The van der Waals surface area contributed by atoms with Crippen molar-refractivity contribution >= 4 is 17.5 Å². The number of benzene rings is 3. The third-order valence-corrected chi connectivity index (χ3v) is 6.50. The Morgan fingerprint density at radius 3 is 2.08 bits per heavy atom. The number of rotatable bonds is 7. The lowest BCUT2D eigenvalue weighted by Crippen LogP contribution is -2.33. The second-order valence-electron chi connectivity index (χ2n) is 10.0. The van der Waals surface area contributed by atoms with Crippen molar-refractivity contribution in [3.05, 3.63) is 105 Å². The fourth-order valence-corrected chi connectivity index (χ4v) is 4.20. The third-order valence-electron chi connectivity index (χ3n) is 6.23. The van der Waals surface area contributed by atoms with Gasteiger partial charge in [-0.05, 0) is 58.7 Å². The van der Waals surface area contributed by atoms with E-state index in [2.05, 4.69) is 20.8 Å². The standard InChI is InChI=1S/C29H29ClF5NO/c1-5-20-14-18(8-11-25(20)31)12-13-36(17-19-6-9-21(10-7-19)28(2,3)4)27(37)23-15-22(29(33,34)35)16-24(30)26(23)32/h6-11,14-16H,5,12-13,17H2,1-4H3. The van der Waals surface area contributed by atoms with Crippen LogP contribution in [-0.2, 0) is 31.0 Å². The molecule has 0 heterocycles. The average molecular weight is 538 g/mol. The first-order chi connectivity index (χ1) is 17.2. The highest BCUT2D eigenvalue weighted by molar-refractivity contribution is 6.31. The maximum Gasteiger partial charge on any atom is 0.416 e. The van der Waals surface area contributed by atoms with E-state index in [-0.39, 0.29) is 24.3 Å². The van der Waals surface area contributed by atoms with Crippen molar-refractivity contribution in [3.63, 3.8) is 0 Å². The Kier molecular flexibility index (Phi) is 8.68. The molecule has 2 nitrogen and oxygen atoms in total. The Hall–Kier alpha value is -2.93. The Morgan fingerprint density at radius 1 is 0.892 bits per heavy atom. The van der Waals surface area contributed by atoms with Crippen LogP contribution in [0.5, 0.6) is 0 Å². The van der Waals surface area contributed by atoms with E-state index in [1.54, 1.807) is 12.1 Å². The number of amides is 1. The van der Waals surface area contributed by atoms with E-state index >= 15 is 0 Å². The molecule has 0 aliphatic rings. The van der Waals surface area contributed by atoms with Crippen LogP contribution in [0.2, 0.25) is 5.02 Å². The molecule has 3 aromatic rings. The molecule has 198 valence electrons. The number of carbonyl (C=O) groups is 1. The molecule has 8 heteroatoms. The lowest BCUT2D eigenvalue weighted by molar-refractivity contribution is -0.137. The molecule has 0 aromatic heterocycles. The summed E-state index contributed by atoms with van der Waals surface area (Å²) in [6.07, 6.45) is -4.02. The highest BCUT2D eigenvalue weighted by Gasteiger charge is 2.34. The molecule has 0 unspecified atom stereocenters. The van der Waals surface area contributed by atoms with Crippen molar-refractivity contribution < 1.29 is 26.7 Å². The smallest absolute Gasteiger partial charge is 0.334 e. The van der Waals surface area contributed by atoms with Gasteiger partial charge in [0.15, 0.2) is 5.82 Å². The summed E-state index contributed by atoms with van der Waals surface area (Å²) in [5.74, 6) is -2.45. The molecular weight excluding hydrogens is 509 g/mol. The number of aryl methyl sites for hydroxylation is 1. The highest BCUT2D eigenvalue weighted by Crippen LogP contribution is 2.34. The largest absolute Gasteiger partial charge is 0.416 e. The number of alkyl halides is 3. The Balaban J connectivity index is 1.97. The predicted molar refractivity (Wildman–Crippen MR) is 136 cm³/mol. The molecule has 0 atom stereocenters. The van der Waals surface area contributed by atoms with Gasteiger partial charge in [-0.15, -0.1) is 0 Å². The zero-order chi connectivity index (χ0) is 27.5. The summed E-state index contributed by atoms with van der Waals surface area (Å²) in [5.41, 5.74) is 1.02. The van der Waals surface area contributed by atoms with Crippen LogP contribution < -0.4 is 0 Å². The van der Waals surface area contributed by atoms with E-state index in [0.717, 1.165) is 16.7 Å². The first-order valence-electron chi connectivity index (χ1n) is 11.9. The molecule has 0 saturated heterocycles. The van der Waals surface area contributed by atoms with Crippen molar-refractivity contribution in [1.29, 1.82) is 0 Å². The lowest BCUT2D eigenvalue weighted by atomic mass is 9.87. The van der Waals surface area contributed by atoms with Gasteiger partial charge in [0.05, 0.1) is 16.1 Å². The fourth-order valence-electron chi connectivity index (χ4n) is 3.98. The fraction of sp³-hybridized carbons (Fsp3) is 0.345. The maximum absolute atomic E-state index is 14.8. The van der Waals surface area contributed by atoms with Gasteiger partial charge in [-0.25, -0.2) is 8.78 Å². The second-order valence-corrected chi connectivity index (χ2v) is 10.4. The van der Waals surface area contributed by atoms with Gasteiger partial charge in [0.2, 0.25) is 0 Å². The summed E-state index contributed by atoms with van der Waals surface area (Å²) in [4.78, 5) is 14.7. The molecule has 1 amide bonds. The van der Waals surface area contributed by atoms with Gasteiger partial charge in [-0.2, -0.15) is 13.2 Å². The van der Waals surface area contributed by atoms with E-state index < -0.39 is 34.1 Å². The summed E-state index contributed by atoms with van der Waals surface area (Å²) >= 11 is 5.73. The number of halogens is 6. The molecule has 0 radical (unpaired) electrons. The molecule has 0 spiro atoms. The van der Waals surface area contributed by atoms with Gasteiger partial charge in [0.1, 0.15) is 5.82 Å². The van der Waals surface area contributed by atoms with Crippen LogP contribution in [0, 0.1) is 11.6 Å². The molecule has 0 saturated carbocycles.